The highest BCUT2D eigenvalue weighted by Crippen LogP contribution is 2.34. The number of nitrogens with two attached hydrogens (primary N) is 1. The van der Waals surface area contributed by atoms with Crippen LogP contribution in [0.25, 0.3) is 0 Å². The number of hydrogen-bond acceptors (Lipinski definition) is 3. The zero-order valence-corrected chi connectivity index (χ0v) is 13.8. The molecule has 0 radical (unpaired) electrons. The van der Waals surface area contributed by atoms with E-state index in [0.717, 1.165) is 43.4 Å². The second-order valence-electron chi connectivity index (χ2n) is 5.05. The summed E-state index contributed by atoms with van der Waals surface area (Å²) in [5, 5.41) is 0.687. The van der Waals surface area contributed by atoms with Crippen LogP contribution in [0.1, 0.15) is 31.7 Å². The van der Waals surface area contributed by atoms with Gasteiger partial charge in [-0.05, 0) is 49.4 Å². The van der Waals surface area contributed by atoms with Crippen LogP contribution in [0.5, 0.6) is 0 Å². The lowest BCUT2D eigenvalue weighted by molar-refractivity contribution is 0.1000. The molecular weight excluding hydrogens is 322 g/mol. The van der Waals surface area contributed by atoms with E-state index in [1.807, 2.05) is 11.8 Å². The van der Waals surface area contributed by atoms with Gasteiger partial charge in [-0.1, -0.05) is 22.9 Å². The van der Waals surface area contributed by atoms with Crippen molar-refractivity contribution >= 4 is 27.7 Å². The summed E-state index contributed by atoms with van der Waals surface area (Å²) in [5.41, 5.74) is 7.49. The normalized spacial score (nSPS) is 18.5. The van der Waals surface area contributed by atoms with E-state index in [9.17, 15) is 0 Å². The van der Waals surface area contributed by atoms with Gasteiger partial charge >= 0.3 is 0 Å². The lowest BCUT2D eigenvalue weighted by Crippen LogP contribution is -2.22. The highest BCUT2D eigenvalue weighted by molar-refractivity contribution is 9.10. The molecule has 0 amide bonds. The van der Waals surface area contributed by atoms with Gasteiger partial charge in [0.15, 0.2) is 0 Å². The molecule has 2 nitrogen and oxygen atoms in total. The first-order valence-electron chi connectivity index (χ1n) is 6.97. The summed E-state index contributed by atoms with van der Waals surface area (Å²) in [5.74, 6) is 0. The van der Waals surface area contributed by atoms with Crippen LogP contribution in [-0.2, 0) is 11.2 Å². The van der Waals surface area contributed by atoms with E-state index in [1.54, 1.807) is 0 Å². The van der Waals surface area contributed by atoms with Crippen LogP contribution in [0.4, 0.5) is 0 Å². The minimum Gasteiger partial charge on any atom is -0.381 e. The van der Waals surface area contributed by atoms with Crippen molar-refractivity contribution in [2.45, 2.75) is 48.8 Å². The third kappa shape index (κ3) is 4.78. The minimum atomic E-state index is 0.253. The fourth-order valence-corrected chi connectivity index (χ4v) is 3.86. The van der Waals surface area contributed by atoms with Gasteiger partial charge in [-0.3, -0.25) is 0 Å². The zero-order chi connectivity index (χ0) is 13.7. The molecule has 1 fully saturated rings. The van der Waals surface area contributed by atoms with E-state index in [4.69, 9.17) is 10.5 Å². The van der Waals surface area contributed by atoms with Crippen LogP contribution in [0.15, 0.2) is 27.6 Å². The van der Waals surface area contributed by atoms with Gasteiger partial charge in [0.25, 0.3) is 0 Å². The zero-order valence-electron chi connectivity index (χ0n) is 11.4. The van der Waals surface area contributed by atoms with Gasteiger partial charge in [-0.25, -0.2) is 0 Å². The second kappa shape index (κ2) is 7.67. The average Bonchev–Trinajstić information content (AvgIpc) is 2.43. The molecule has 1 atom stereocenters. The molecule has 1 aliphatic rings. The molecule has 0 spiro atoms. The molecule has 1 saturated heterocycles. The lowest BCUT2D eigenvalue weighted by atomic mass is 10.1. The lowest BCUT2D eigenvalue weighted by Gasteiger charge is -2.23. The van der Waals surface area contributed by atoms with E-state index in [1.165, 1.54) is 10.5 Å². The van der Waals surface area contributed by atoms with Crippen LogP contribution in [0, 0.1) is 0 Å². The van der Waals surface area contributed by atoms with E-state index in [2.05, 4.69) is 41.1 Å². The Hall–Kier alpha value is -0.0300. The smallest absolute Gasteiger partial charge is 0.0476 e. The molecule has 1 unspecified atom stereocenters. The van der Waals surface area contributed by atoms with E-state index in [0.29, 0.717) is 5.25 Å². The number of hydrogen-bond donors (Lipinski definition) is 1. The summed E-state index contributed by atoms with van der Waals surface area (Å²) in [6.45, 7) is 3.95. The van der Waals surface area contributed by atoms with Crippen LogP contribution < -0.4 is 5.73 Å². The summed E-state index contributed by atoms with van der Waals surface area (Å²) < 4.78 is 6.57. The summed E-state index contributed by atoms with van der Waals surface area (Å²) in [6, 6.07) is 6.82. The van der Waals surface area contributed by atoms with Gasteiger partial charge in [-0.15, -0.1) is 11.8 Å². The van der Waals surface area contributed by atoms with Gasteiger partial charge in [-0.2, -0.15) is 0 Å². The van der Waals surface area contributed by atoms with Crippen molar-refractivity contribution < 1.29 is 4.74 Å². The van der Waals surface area contributed by atoms with Crippen LogP contribution >= 0.6 is 27.7 Å². The summed E-state index contributed by atoms with van der Waals surface area (Å²) >= 11 is 5.56. The van der Waals surface area contributed by atoms with Crippen molar-refractivity contribution in [1.82, 2.24) is 0 Å². The molecule has 4 heteroatoms. The predicted molar refractivity (Wildman–Crippen MR) is 85.8 cm³/mol. The predicted octanol–water partition coefficient (Wildman–Crippen LogP) is 4.00. The molecular formula is C15H22BrNOS. The Balaban J connectivity index is 2.09. The first-order chi connectivity index (χ1) is 9.19. The van der Waals surface area contributed by atoms with Crippen LogP contribution in [-0.4, -0.2) is 24.5 Å². The Bertz CT molecular complexity index is 407. The molecule has 1 aliphatic heterocycles. The number of thioether (sulfide) groups is 1. The minimum absolute atomic E-state index is 0.253. The molecule has 0 bridgehead atoms. The van der Waals surface area contributed by atoms with E-state index in [-0.39, 0.29) is 6.04 Å². The topological polar surface area (TPSA) is 35.2 Å². The van der Waals surface area contributed by atoms with Crippen molar-refractivity contribution in [2.24, 2.45) is 5.73 Å². The highest BCUT2D eigenvalue weighted by atomic mass is 79.9. The average molecular weight is 344 g/mol. The quantitative estimate of drug-likeness (QED) is 0.877. The molecule has 0 aliphatic carbocycles. The summed E-state index contributed by atoms with van der Waals surface area (Å²) in [7, 11) is 0. The number of benzene rings is 1. The first-order valence-corrected chi connectivity index (χ1v) is 8.64. The number of ether oxygens (including phenoxy) is 1. The summed E-state index contributed by atoms with van der Waals surface area (Å²) in [6.07, 6.45) is 4.29. The molecule has 19 heavy (non-hydrogen) atoms. The van der Waals surface area contributed by atoms with Crippen molar-refractivity contribution in [3.8, 4) is 0 Å². The maximum absolute atomic E-state index is 6.11. The van der Waals surface area contributed by atoms with Gasteiger partial charge < -0.3 is 10.5 Å². The Labute approximate surface area is 128 Å². The van der Waals surface area contributed by atoms with Gasteiger partial charge in [0.05, 0.1) is 0 Å². The van der Waals surface area contributed by atoms with Crippen LogP contribution in [0.2, 0.25) is 0 Å². The maximum Gasteiger partial charge on any atom is 0.0476 e. The Morgan fingerprint density at radius 3 is 2.84 bits per heavy atom. The van der Waals surface area contributed by atoms with Crippen molar-refractivity contribution in [1.29, 1.82) is 0 Å². The molecule has 1 heterocycles. The summed E-state index contributed by atoms with van der Waals surface area (Å²) in [4.78, 5) is 1.39. The highest BCUT2D eigenvalue weighted by Gasteiger charge is 2.17. The van der Waals surface area contributed by atoms with E-state index < -0.39 is 0 Å². The van der Waals surface area contributed by atoms with Crippen molar-refractivity contribution in [2.75, 3.05) is 13.2 Å². The molecule has 1 aromatic rings. The molecule has 106 valence electrons. The standard InChI is InChI=1S/C15H22BrNOS/c1-2-13(17)10-11-9-12(16)3-4-15(11)19-14-5-7-18-8-6-14/h3-4,9,13-14H,2,5-8,10,17H2,1H3. The van der Waals surface area contributed by atoms with Gasteiger partial charge in [0, 0.05) is 33.9 Å². The third-order valence-electron chi connectivity index (χ3n) is 3.49. The Morgan fingerprint density at radius 1 is 1.42 bits per heavy atom. The van der Waals surface area contributed by atoms with E-state index >= 15 is 0 Å². The maximum atomic E-state index is 6.11. The third-order valence-corrected chi connectivity index (χ3v) is 5.44. The van der Waals surface area contributed by atoms with Crippen LogP contribution in [0.3, 0.4) is 0 Å². The molecule has 2 N–H and O–H groups in total. The van der Waals surface area contributed by atoms with Crippen molar-refractivity contribution in [3.63, 3.8) is 0 Å². The molecule has 2 rings (SSSR count). The first kappa shape index (κ1) is 15.4. The molecule has 0 aromatic heterocycles. The number of halogens is 1. The van der Waals surface area contributed by atoms with Crippen molar-refractivity contribution in [3.05, 3.63) is 28.2 Å². The number of rotatable bonds is 5. The molecule has 1 aromatic carbocycles. The Morgan fingerprint density at radius 2 is 2.16 bits per heavy atom. The molecule has 0 saturated carbocycles. The largest absolute Gasteiger partial charge is 0.381 e. The fourth-order valence-electron chi connectivity index (χ4n) is 2.22. The monoisotopic (exact) mass is 343 g/mol. The SMILES string of the molecule is CCC(N)Cc1cc(Br)ccc1SC1CCOCC1. The van der Waals surface area contributed by atoms with Gasteiger partial charge in [0.1, 0.15) is 0 Å². The fraction of sp³-hybridized carbons (Fsp3) is 0.600. The Kier molecular flexibility index (Phi) is 6.20. The second-order valence-corrected chi connectivity index (χ2v) is 7.31. The van der Waals surface area contributed by atoms with Gasteiger partial charge in [0.2, 0.25) is 0 Å².